The zero-order valence-corrected chi connectivity index (χ0v) is 12.9. The van der Waals surface area contributed by atoms with Crippen LogP contribution in [0.3, 0.4) is 0 Å². The summed E-state index contributed by atoms with van der Waals surface area (Å²) in [5.41, 5.74) is -0.148. The maximum absolute atomic E-state index is 11.2. The van der Waals surface area contributed by atoms with Crippen LogP contribution in [0.25, 0.3) is 0 Å². The summed E-state index contributed by atoms with van der Waals surface area (Å²) in [6, 6.07) is 19.7. The molecule has 0 bridgehead atoms. The van der Waals surface area contributed by atoms with Crippen molar-refractivity contribution >= 4 is 28.6 Å². The van der Waals surface area contributed by atoms with Crippen LogP contribution in [0.5, 0.6) is 0 Å². The van der Waals surface area contributed by atoms with Crippen molar-refractivity contribution in [3.05, 3.63) is 60.7 Å². The van der Waals surface area contributed by atoms with Gasteiger partial charge in [0.15, 0.2) is 0 Å². The van der Waals surface area contributed by atoms with Gasteiger partial charge in [-0.3, -0.25) is 4.55 Å². The van der Waals surface area contributed by atoms with E-state index >= 15 is 0 Å². The first-order valence-electron chi connectivity index (χ1n) is 6.32. The minimum absolute atomic E-state index is 0.148. The van der Waals surface area contributed by atoms with Gasteiger partial charge < -0.3 is 0 Å². The van der Waals surface area contributed by atoms with Crippen molar-refractivity contribution in [3.8, 4) is 0 Å². The minimum atomic E-state index is -3.97. The predicted octanol–water partition coefficient (Wildman–Crippen LogP) is 2.40. The van der Waals surface area contributed by atoms with Crippen LogP contribution >= 0.6 is 7.92 Å². The summed E-state index contributed by atoms with van der Waals surface area (Å²) in [6.07, 6.45) is 0. The second-order valence-electron chi connectivity index (χ2n) is 4.64. The third-order valence-electron chi connectivity index (χ3n) is 2.96. The summed E-state index contributed by atoms with van der Waals surface area (Å²) in [7, 11) is -4.78. The van der Waals surface area contributed by atoms with Crippen molar-refractivity contribution in [2.45, 2.75) is 12.6 Å². The van der Waals surface area contributed by atoms with Crippen molar-refractivity contribution in [3.63, 3.8) is 0 Å². The molecule has 3 nitrogen and oxygen atoms in total. The molecule has 0 aliphatic heterocycles. The lowest BCUT2D eigenvalue weighted by Gasteiger charge is -2.24. The Morgan fingerprint density at radius 2 is 1.35 bits per heavy atom. The van der Waals surface area contributed by atoms with E-state index in [1.165, 1.54) is 0 Å². The van der Waals surface area contributed by atoms with E-state index in [2.05, 4.69) is 0 Å². The molecule has 106 valence electrons. The van der Waals surface area contributed by atoms with E-state index in [0.717, 1.165) is 10.6 Å². The number of hydrogen-bond donors (Lipinski definition) is 1. The molecule has 5 heteroatoms. The van der Waals surface area contributed by atoms with Gasteiger partial charge in [0.2, 0.25) is 0 Å². The average Bonchev–Trinajstić information content (AvgIpc) is 2.39. The molecule has 0 aromatic heterocycles. The van der Waals surface area contributed by atoms with Gasteiger partial charge in [-0.2, -0.15) is 8.42 Å². The van der Waals surface area contributed by atoms with Crippen molar-refractivity contribution in [2.75, 3.05) is 5.75 Å². The third kappa shape index (κ3) is 4.14. The molecule has 0 aliphatic rings. The van der Waals surface area contributed by atoms with Crippen molar-refractivity contribution in [1.82, 2.24) is 0 Å². The van der Waals surface area contributed by atoms with Crippen LogP contribution in [0.2, 0.25) is 0 Å². The van der Waals surface area contributed by atoms with Crippen LogP contribution in [-0.2, 0) is 10.1 Å². The molecule has 1 N–H and O–H groups in total. The van der Waals surface area contributed by atoms with Gasteiger partial charge in [-0.25, -0.2) is 0 Å². The molecule has 0 heterocycles. The van der Waals surface area contributed by atoms with E-state index in [1.54, 1.807) is 0 Å². The molecule has 0 fully saturated rings. The van der Waals surface area contributed by atoms with Gasteiger partial charge in [0.1, 0.15) is 0 Å². The van der Waals surface area contributed by atoms with Crippen LogP contribution in [0.15, 0.2) is 60.7 Å². The Kier molecular flexibility index (Phi) is 4.92. The summed E-state index contributed by atoms with van der Waals surface area (Å²) in [6.45, 7) is 1.87. The fraction of sp³-hybridized carbons (Fsp3) is 0.200. The maximum Gasteiger partial charge on any atom is 0.265 e. The SMILES string of the molecule is CC(CS(=O)(=O)O)P(c1ccccc1)c1ccccc1. The molecule has 0 radical (unpaired) electrons. The largest absolute Gasteiger partial charge is 0.286 e. The molecule has 2 rings (SSSR count). The Morgan fingerprint density at radius 1 is 0.950 bits per heavy atom. The molecular weight excluding hydrogens is 291 g/mol. The van der Waals surface area contributed by atoms with E-state index < -0.39 is 18.0 Å². The third-order valence-corrected chi connectivity index (χ3v) is 6.90. The molecule has 0 amide bonds. The van der Waals surface area contributed by atoms with Gasteiger partial charge in [-0.1, -0.05) is 67.6 Å². The Labute approximate surface area is 121 Å². The summed E-state index contributed by atoms with van der Waals surface area (Å²) in [5.74, 6) is -0.220. The first-order valence-corrected chi connectivity index (χ1v) is 9.34. The standard InChI is InChI=1S/C15H17O3PS/c1-13(12-20(16,17)18)19(14-8-4-2-5-9-14)15-10-6-3-7-11-15/h2-11,13H,12H2,1H3,(H,16,17,18). The smallest absolute Gasteiger partial charge is 0.265 e. The maximum atomic E-state index is 11.2. The first-order chi connectivity index (χ1) is 9.47. The lowest BCUT2D eigenvalue weighted by Crippen LogP contribution is -2.25. The van der Waals surface area contributed by atoms with Crippen LogP contribution in [0.4, 0.5) is 0 Å². The molecule has 1 atom stereocenters. The van der Waals surface area contributed by atoms with Crippen LogP contribution in [0.1, 0.15) is 6.92 Å². The average molecular weight is 308 g/mol. The molecule has 2 aromatic rings. The summed E-state index contributed by atoms with van der Waals surface area (Å²) in [5, 5.41) is 2.23. The zero-order valence-electron chi connectivity index (χ0n) is 11.2. The van der Waals surface area contributed by atoms with Crippen LogP contribution in [0, 0.1) is 0 Å². The normalized spacial score (nSPS) is 13.3. The number of hydrogen-bond acceptors (Lipinski definition) is 2. The Balaban J connectivity index is 2.40. The molecule has 20 heavy (non-hydrogen) atoms. The molecule has 0 spiro atoms. The fourth-order valence-corrected chi connectivity index (χ4v) is 6.29. The molecule has 1 unspecified atom stereocenters. The van der Waals surface area contributed by atoms with Crippen LogP contribution in [-0.4, -0.2) is 24.4 Å². The van der Waals surface area contributed by atoms with E-state index in [9.17, 15) is 8.42 Å². The van der Waals surface area contributed by atoms with Gasteiger partial charge >= 0.3 is 0 Å². The van der Waals surface area contributed by atoms with Crippen molar-refractivity contribution < 1.29 is 13.0 Å². The topological polar surface area (TPSA) is 54.4 Å². The summed E-state index contributed by atoms with van der Waals surface area (Å²) < 4.78 is 31.5. The van der Waals surface area contributed by atoms with E-state index in [0.29, 0.717) is 0 Å². The van der Waals surface area contributed by atoms with Gasteiger partial charge in [-0.15, -0.1) is 0 Å². The van der Waals surface area contributed by atoms with Crippen LogP contribution < -0.4 is 10.6 Å². The van der Waals surface area contributed by atoms with Crippen molar-refractivity contribution in [1.29, 1.82) is 0 Å². The van der Waals surface area contributed by atoms with Gasteiger partial charge in [0.05, 0.1) is 5.75 Å². The second kappa shape index (κ2) is 6.49. The zero-order chi connectivity index (χ0) is 14.6. The van der Waals surface area contributed by atoms with E-state index in [4.69, 9.17) is 4.55 Å². The monoisotopic (exact) mass is 308 g/mol. The lowest BCUT2D eigenvalue weighted by molar-refractivity contribution is 0.482. The Hall–Kier alpha value is -1.22. The predicted molar refractivity (Wildman–Crippen MR) is 84.9 cm³/mol. The number of rotatable bonds is 5. The van der Waals surface area contributed by atoms with E-state index in [1.807, 2.05) is 67.6 Å². The quantitative estimate of drug-likeness (QED) is 0.681. The second-order valence-corrected chi connectivity index (χ2v) is 8.79. The molecular formula is C15H17O3PS. The minimum Gasteiger partial charge on any atom is -0.286 e. The van der Waals surface area contributed by atoms with E-state index in [-0.39, 0.29) is 11.4 Å². The lowest BCUT2D eigenvalue weighted by atomic mass is 10.4. The van der Waals surface area contributed by atoms with Gasteiger partial charge in [0, 0.05) is 5.66 Å². The highest BCUT2D eigenvalue weighted by Gasteiger charge is 2.24. The highest BCUT2D eigenvalue weighted by molar-refractivity contribution is 7.86. The highest BCUT2D eigenvalue weighted by atomic mass is 32.2. The molecule has 0 saturated heterocycles. The summed E-state index contributed by atoms with van der Waals surface area (Å²) >= 11 is 0. The first kappa shape index (κ1) is 15.2. The molecule has 0 aliphatic carbocycles. The highest BCUT2D eigenvalue weighted by Crippen LogP contribution is 2.39. The molecule has 2 aromatic carbocycles. The number of benzene rings is 2. The van der Waals surface area contributed by atoms with Gasteiger partial charge in [-0.05, 0) is 18.5 Å². The summed E-state index contributed by atoms with van der Waals surface area (Å²) in [4.78, 5) is 0. The molecule has 0 saturated carbocycles. The van der Waals surface area contributed by atoms with Gasteiger partial charge in [0.25, 0.3) is 10.1 Å². The Morgan fingerprint density at radius 3 is 1.70 bits per heavy atom. The Bertz CT molecular complexity index is 602. The fourth-order valence-electron chi connectivity index (χ4n) is 2.21. The van der Waals surface area contributed by atoms with Crippen molar-refractivity contribution in [2.24, 2.45) is 0 Å².